The fourth-order valence-electron chi connectivity index (χ4n) is 1.85. The lowest BCUT2D eigenvalue weighted by molar-refractivity contribution is -0.144. The Balaban J connectivity index is 1.98. The molecule has 4 nitrogen and oxygen atoms in total. The first kappa shape index (κ1) is 13.6. The van der Waals surface area contributed by atoms with Crippen LogP contribution in [-0.4, -0.2) is 35.0 Å². The topological polar surface area (TPSA) is 57.6 Å². The number of amides is 1. The van der Waals surface area contributed by atoms with Gasteiger partial charge >= 0.3 is 5.97 Å². The predicted molar refractivity (Wildman–Crippen MR) is 70.5 cm³/mol. The zero-order chi connectivity index (χ0) is 13.4. The fraction of sp³-hybridized carbons (Fsp3) is 0.455. The van der Waals surface area contributed by atoms with E-state index >= 15 is 0 Å². The number of rotatable bonds is 3. The fourth-order valence-corrected chi connectivity index (χ4v) is 3.30. The number of hydrogen-bond donors (Lipinski definition) is 1. The molecule has 1 unspecified atom stereocenters. The molecule has 1 N–H and O–H groups in total. The maximum atomic E-state index is 12.0. The zero-order valence-electron chi connectivity index (χ0n) is 9.52. The average molecular weight is 308 g/mol. The number of likely N-dealkylation sites (tertiary alicyclic amines) is 1. The number of thiophene rings is 1. The summed E-state index contributed by atoms with van der Waals surface area (Å²) < 4.78 is 0.846. The van der Waals surface area contributed by atoms with E-state index in [0.717, 1.165) is 11.3 Å². The van der Waals surface area contributed by atoms with Crippen LogP contribution in [0.3, 0.4) is 0 Å². The first-order valence-corrected chi connectivity index (χ1v) is 6.94. The second-order valence-electron chi connectivity index (χ2n) is 4.34. The van der Waals surface area contributed by atoms with Gasteiger partial charge in [0.1, 0.15) is 4.34 Å². The molecule has 1 saturated heterocycles. The summed E-state index contributed by atoms with van der Waals surface area (Å²) in [4.78, 5) is 24.4. The van der Waals surface area contributed by atoms with E-state index in [-0.39, 0.29) is 11.8 Å². The number of carbonyl (C=O) groups is 2. The number of halogens is 2. The molecule has 1 atom stereocenters. The third-order valence-electron chi connectivity index (χ3n) is 3.18. The van der Waals surface area contributed by atoms with Gasteiger partial charge in [0.2, 0.25) is 0 Å². The summed E-state index contributed by atoms with van der Waals surface area (Å²) in [6.07, 6.45) is 0. The Morgan fingerprint density at radius 1 is 1.50 bits per heavy atom. The number of hydrogen-bond acceptors (Lipinski definition) is 3. The van der Waals surface area contributed by atoms with Crippen molar-refractivity contribution < 1.29 is 14.7 Å². The van der Waals surface area contributed by atoms with Gasteiger partial charge in [-0.3, -0.25) is 9.59 Å². The summed E-state index contributed by atoms with van der Waals surface area (Å²) in [5.41, 5.74) is 0.396. The maximum Gasteiger partial charge on any atom is 0.306 e. The van der Waals surface area contributed by atoms with Crippen LogP contribution < -0.4 is 0 Å². The highest BCUT2D eigenvalue weighted by molar-refractivity contribution is 7.20. The van der Waals surface area contributed by atoms with Crippen LogP contribution >= 0.6 is 34.5 Å². The van der Waals surface area contributed by atoms with Crippen LogP contribution in [0.1, 0.15) is 17.3 Å². The van der Waals surface area contributed by atoms with Gasteiger partial charge in [-0.05, 0) is 6.07 Å². The molecule has 1 aromatic heterocycles. The van der Waals surface area contributed by atoms with E-state index in [1.165, 1.54) is 0 Å². The lowest BCUT2D eigenvalue weighted by atomic mass is 9.87. The minimum Gasteiger partial charge on any atom is -0.481 e. The molecule has 0 aromatic carbocycles. The van der Waals surface area contributed by atoms with Gasteiger partial charge in [0.25, 0.3) is 5.91 Å². The van der Waals surface area contributed by atoms with Gasteiger partial charge in [-0.25, -0.2) is 0 Å². The highest BCUT2D eigenvalue weighted by Crippen LogP contribution is 2.34. The lowest BCUT2D eigenvalue weighted by Crippen LogP contribution is -2.53. The van der Waals surface area contributed by atoms with Gasteiger partial charge in [-0.2, -0.15) is 0 Å². The van der Waals surface area contributed by atoms with Gasteiger partial charge in [0.15, 0.2) is 0 Å². The minimum absolute atomic E-state index is 0.0133. The van der Waals surface area contributed by atoms with E-state index < -0.39 is 11.9 Å². The second kappa shape index (κ2) is 5.07. The Hall–Kier alpha value is -0.780. The lowest BCUT2D eigenvalue weighted by Gasteiger charge is -2.41. The summed E-state index contributed by atoms with van der Waals surface area (Å²) in [7, 11) is 0. The van der Waals surface area contributed by atoms with Gasteiger partial charge in [-0.1, -0.05) is 30.1 Å². The quantitative estimate of drug-likeness (QED) is 0.934. The largest absolute Gasteiger partial charge is 0.481 e. The third-order valence-corrected chi connectivity index (χ3v) is 4.67. The highest BCUT2D eigenvalue weighted by Gasteiger charge is 2.38. The van der Waals surface area contributed by atoms with Gasteiger partial charge in [0.05, 0.1) is 15.8 Å². The first-order chi connectivity index (χ1) is 8.40. The van der Waals surface area contributed by atoms with E-state index in [1.807, 2.05) is 0 Å². The number of aliphatic carboxylic acids is 1. The third kappa shape index (κ3) is 2.48. The van der Waals surface area contributed by atoms with Crippen LogP contribution in [0, 0.1) is 11.8 Å². The normalized spacial score (nSPS) is 17.4. The van der Waals surface area contributed by atoms with Crippen molar-refractivity contribution >= 4 is 46.4 Å². The summed E-state index contributed by atoms with van der Waals surface area (Å²) in [5, 5.41) is 8.87. The molecule has 7 heteroatoms. The van der Waals surface area contributed by atoms with Gasteiger partial charge in [0, 0.05) is 19.0 Å². The molecule has 2 rings (SSSR count). The van der Waals surface area contributed by atoms with Gasteiger partial charge in [-0.15, -0.1) is 11.3 Å². The summed E-state index contributed by atoms with van der Waals surface area (Å²) in [6.45, 7) is 2.56. The monoisotopic (exact) mass is 307 g/mol. The molecule has 1 amide bonds. The molecule has 2 heterocycles. The SMILES string of the molecule is CC(C(=O)O)C1CN(C(=O)c2cc(Cl)sc2Cl)C1. The van der Waals surface area contributed by atoms with Crippen LogP contribution in [-0.2, 0) is 4.79 Å². The number of carboxylic acids is 1. The van der Waals surface area contributed by atoms with Crippen LogP contribution in [0.15, 0.2) is 6.07 Å². The van der Waals surface area contributed by atoms with E-state index in [2.05, 4.69) is 0 Å². The molecule has 0 bridgehead atoms. The number of nitrogens with zero attached hydrogens (tertiary/aromatic N) is 1. The molecule has 1 aliphatic rings. The minimum atomic E-state index is -0.830. The second-order valence-corrected chi connectivity index (χ2v) is 6.62. The van der Waals surface area contributed by atoms with E-state index in [9.17, 15) is 9.59 Å². The molecule has 0 spiro atoms. The number of carbonyl (C=O) groups excluding carboxylic acids is 1. The van der Waals surface area contributed by atoms with Crippen LogP contribution in [0.25, 0.3) is 0 Å². The van der Waals surface area contributed by atoms with Crippen LogP contribution in [0.5, 0.6) is 0 Å². The summed E-state index contributed by atoms with van der Waals surface area (Å²) >= 11 is 12.8. The van der Waals surface area contributed by atoms with Crippen molar-refractivity contribution in [1.82, 2.24) is 4.90 Å². The molecule has 18 heavy (non-hydrogen) atoms. The van der Waals surface area contributed by atoms with E-state index in [4.69, 9.17) is 28.3 Å². The van der Waals surface area contributed by atoms with Crippen LogP contribution in [0.2, 0.25) is 8.67 Å². The Bertz CT molecular complexity index is 496. The van der Waals surface area contributed by atoms with E-state index in [1.54, 1.807) is 17.9 Å². The Kier molecular flexibility index (Phi) is 3.84. The molecule has 1 fully saturated rings. The number of carboxylic acid groups (broad SMARTS) is 1. The van der Waals surface area contributed by atoms with Gasteiger partial charge < -0.3 is 10.0 Å². The maximum absolute atomic E-state index is 12.0. The smallest absolute Gasteiger partial charge is 0.306 e. The summed E-state index contributed by atoms with van der Waals surface area (Å²) in [5.74, 6) is -1.43. The highest BCUT2D eigenvalue weighted by atomic mass is 35.5. The molecular formula is C11H11Cl2NO3S. The van der Waals surface area contributed by atoms with Crippen molar-refractivity contribution in [2.75, 3.05) is 13.1 Å². The van der Waals surface area contributed by atoms with Crippen molar-refractivity contribution in [2.45, 2.75) is 6.92 Å². The first-order valence-electron chi connectivity index (χ1n) is 5.37. The molecular weight excluding hydrogens is 297 g/mol. The average Bonchev–Trinajstić information content (AvgIpc) is 2.55. The van der Waals surface area contributed by atoms with Crippen molar-refractivity contribution in [3.8, 4) is 0 Å². The Morgan fingerprint density at radius 2 is 2.11 bits per heavy atom. The molecule has 1 aromatic rings. The van der Waals surface area contributed by atoms with Crippen molar-refractivity contribution in [1.29, 1.82) is 0 Å². The zero-order valence-corrected chi connectivity index (χ0v) is 11.8. The molecule has 0 saturated carbocycles. The standard InChI is InChI=1S/C11H11Cl2NO3S/c1-5(11(16)17)6-3-14(4-6)10(15)7-2-8(12)18-9(7)13/h2,5-6H,3-4H2,1H3,(H,16,17). The molecule has 1 aliphatic heterocycles. The Labute approximate surface area is 118 Å². The molecule has 0 radical (unpaired) electrons. The van der Waals surface area contributed by atoms with Crippen LogP contribution in [0.4, 0.5) is 0 Å². The van der Waals surface area contributed by atoms with E-state index in [0.29, 0.717) is 27.3 Å². The summed E-state index contributed by atoms with van der Waals surface area (Å²) in [6, 6.07) is 1.55. The molecule has 98 valence electrons. The van der Waals surface area contributed by atoms with Crippen molar-refractivity contribution in [3.05, 3.63) is 20.3 Å². The molecule has 0 aliphatic carbocycles. The van der Waals surface area contributed by atoms with Crippen molar-refractivity contribution in [2.24, 2.45) is 11.8 Å². The predicted octanol–water partition coefficient (Wildman–Crippen LogP) is 2.85. The van der Waals surface area contributed by atoms with Crippen molar-refractivity contribution in [3.63, 3.8) is 0 Å². The Morgan fingerprint density at radius 3 is 2.56 bits per heavy atom.